The third-order valence-corrected chi connectivity index (χ3v) is 17.5. The summed E-state index contributed by atoms with van der Waals surface area (Å²) in [5, 5.41) is 0. The van der Waals surface area contributed by atoms with Gasteiger partial charge in [-0.2, -0.15) is 0 Å². The quantitative estimate of drug-likeness (QED) is 0.174. The predicted octanol–water partition coefficient (Wildman–Crippen LogP) is 18.7. The highest BCUT2D eigenvalue weighted by Crippen LogP contribution is 2.65. The van der Waals surface area contributed by atoms with Crippen LogP contribution in [-0.2, 0) is 21.7 Å². The van der Waals surface area contributed by atoms with Gasteiger partial charge in [0.05, 0.1) is 16.5 Å². The van der Waals surface area contributed by atoms with Crippen LogP contribution in [0.4, 0.5) is 17.1 Å². The molecule has 3 heteroatoms. The van der Waals surface area contributed by atoms with Crippen LogP contribution in [0.25, 0.3) is 33.4 Å². The molecule has 0 aromatic heterocycles. The summed E-state index contributed by atoms with van der Waals surface area (Å²) in [6, 6.07) is 84.7. The molecule has 73 heavy (non-hydrogen) atoms. The highest BCUT2D eigenvalue weighted by atomic mass is 32.2. The molecule has 0 N–H and O–H groups in total. The average molecular weight is 958 g/mol. The largest absolute Gasteiger partial charge is 0.457 e. The van der Waals surface area contributed by atoms with Crippen molar-refractivity contribution < 1.29 is 4.74 Å². The smallest absolute Gasteiger partial charge is 0.132 e. The normalized spacial score (nSPS) is 14.7. The van der Waals surface area contributed by atoms with Gasteiger partial charge in [-0.25, -0.2) is 0 Å². The first-order chi connectivity index (χ1) is 35.5. The molecule has 10 aromatic rings. The third kappa shape index (κ3) is 6.25. The first-order valence-electron chi connectivity index (χ1n) is 25.7. The van der Waals surface area contributed by atoms with E-state index in [-0.39, 0.29) is 10.8 Å². The van der Waals surface area contributed by atoms with Crippen molar-refractivity contribution >= 4 is 28.8 Å². The Morgan fingerprint density at radius 1 is 0.342 bits per heavy atom. The van der Waals surface area contributed by atoms with Crippen LogP contribution in [0.1, 0.15) is 97.2 Å². The van der Waals surface area contributed by atoms with Gasteiger partial charge in [0.25, 0.3) is 0 Å². The Morgan fingerprint density at radius 2 is 0.781 bits per heavy atom. The van der Waals surface area contributed by atoms with Gasteiger partial charge in [-0.15, -0.1) is 0 Å². The fraction of sp³-hybridized carbons (Fsp3) is 0.143. The maximum absolute atomic E-state index is 7.15. The molecule has 0 radical (unpaired) electrons. The Balaban J connectivity index is 1.08. The zero-order valence-electron chi connectivity index (χ0n) is 42.1. The minimum atomic E-state index is -0.686. The van der Waals surface area contributed by atoms with Gasteiger partial charge in [-0.3, -0.25) is 0 Å². The molecule has 0 atom stereocenters. The van der Waals surface area contributed by atoms with Crippen LogP contribution in [0.2, 0.25) is 0 Å². The van der Waals surface area contributed by atoms with Crippen molar-refractivity contribution in [1.82, 2.24) is 0 Å². The van der Waals surface area contributed by atoms with E-state index in [9.17, 15) is 0 Å². The second kappa shape index (κ2) is 15.8. The molecule has 0 bridgehead atoms. The van der Waals surface area contributed by atoms with Crippen molar-refractivity contribution in [2.45, 2.75) is 73.0 Å². The van der Waals surface area contributed by atoms with Crippen LogP contribution in [0, 0.1) is 0 Å². The Hall–Kier alpha value is -7.85. The lowest BCUT2D eigenvalue weighted by Crippen LogP contribution is -2.33. The van der Waals surface area contributed by atoms with Gasteiger partial charge in [-0.05, 0) is 138 Å². The molecule has 352 valence electrons. The van der Waals surface area contributed by atoms with Gasteiger partial charge < -0.3 is 9.64 Å². The van der Waals surface area contributed by atoms with E-state index in [1.807, 2.05) is 11.8 Å². The topological polar surface area (TPSA) is 12.5 Å². The van der Waals surface area contributed by atoms with Gasteiger partial charge in [0.2, 0.25) is 0 Å². The summed E-state index contributed by atoms with van der Waals surface area (Å²) < 4.78 is 7.15. The Morgan fingerprint density at radius 3 is 1.41 bits per heavy atom. The Bertz CT molecular complexity index is 3800. The molecule has 4 aliphatic rings. The number of rotatable bonds is 4. The molecule has 0 amide bonds. The minimum Gasteiger partial charge on any atom is -0.457 e. The lowest BCUT2D eigenvalue weighted by molar-refractivity contribution is 0.436. The number of hydrogen-bond donors (Lipinski definition) is 0. The summed E-state index contributed by atoms with van der Waals surface area (Å²) in [6.07, 6.45) is 0. The van der Waals surface area contributed by atoms with Gasteiger partial charge in [0, 0.05) is 37.9 Å². The second-order valence-electron chi connectivity index (χ2n) is 22.4. The van der Waals surface area contributed by atoms with Gasteiger partial charge in [-0.1, -0.05) is 223 Å². The molecule has 0 saturated carbocycles. The molecule has 2 spiro atoms. The fourth-order valence-corrected chi connectivity index (χ4v) is 14.1. The lowest BCUT2D eigenvalue weighted by atomic mass is 9.65. The van der Waals surface area contributed by atoms with E-state index in [1.165, 1.54) is 76.6 Å². The zero-order chi connectivity index (χ0) is 49.4. The number of nitrogens with zero attached hydrogens (tertiary/aromatic N) is 1. The van der Waals surface area contributed by atoms with Crippen LogP contribution in [0.15, 0.2) is 234 Å². The number of anilines is 3. The number of hydrogen-bond acceptors (Lipinski definition) is 3. The molecule has 10 aromatic carbocycles. The van der Waals surface area contributed by atoms with Crippen LogP contribution in [-0.4, -0.2) is 0 Å². The van der Waals surface area contributed by atoms with Crippen LogP contribution in [0.5, 0.6) is 11.5 Å². The summed E-state index contributed by atoms with van der Waals surface area (Å²) in [6.45, 7) is 14.0. The third-order valence-electron chi connectivity index (χ3n) is 16.3. The molecular formula is C70H55NOS. The second-order valence-corrected chi connectivity index (χ2v) is 23.5. The van der Waals surface area contributed by atoms with E-state index < -0.39 is 10.8 Å². The maximum Gasteiger partial charge on any atom is 0.132 e. The first kappa shape index (κ1) is 43.9. The van der Waals surface area contributed by atoms with Crippen molar-refractivity contribution in [3.05, 3.63) is 280 Å². The van der Waals surface area contributed by atoms with Crippen molar-refractivity contribution in [3.63, 3.8) is 0 Å². The number of ether oxygens (including phenoxy) is 1. The van der Waals surface area contributed by atoms with Gasteiger partial charge >= 0.3 is 0 Å². The van der Waals surface area contributed by atoms with Gasteiger partial charge in [0.1, 0.15) is 11.5 Å². The lowest BCUT2D eigenvalue weighted by Gasteiger charge is -2.41. The van der Waals surface area contributed by atoms with Crippen molar-refractivity contribution in [2.24, 2.45) is 0 Å². The molecule has 2 nitrogen and oxygen atoms in total. The van der Waals surface area contributed by atoms with E-state index in [0.717, 1.165) is 50.8 Å². The monoisotopic (exact) mass is 957 g/mol. The van der Waals surface area contributed by atoms with E-state index in [2.05, 4.69) is 271 Å². The molecule has 0 fully saturated rings. The van der Waals surface area contributed by atoms with Crippen molar-refractivity contribution in [2.75, 3.05) is 4.90 Å². The fourth-order valence-electron chi connectivity index (χ4n) is 12.9. The standard InChI is InChI=1S/C70H55NOS/c1-67(2,3)45-32-36-51-52-37-33-46(68(4,5)6)41-59(52)70(58(51)40-45)55-25-13-17-29-63(55)72-64-39-35-48(43-61(64)70)71(62-28-16-11-22-49(62)44-20-8-7-9-21-44)47-34-38-53-50-23-10-12-24-54(50)69(60(53)42-47)56-26-14-18-30-65(56)73-66-31-19-15-27-57(66)69/h7-43H,1-6H3. The molecule has 0 saturated heterocycles. The first-order valence-corrected chi connectivity index (χ1v) is 26.6. The molecular weight excluding hydrogens is 903 g/mol. The predicted molar refractivity (Wildman–Crippen MR) is 303 cm³/mol. The SMILES string of the molecule is CC(C)(C)c1ccc2c(c1)C1(c3ccccc3Oc3ccc(N(c4ccc5c(c4)C4(c6ccccc6Sc6ccccc64)c4ccccc4-5)c4ccccc4-c4ccccc4)cc31)c1cc(C(C)(C)C)ccc1-2. The Labute approximate surface area is 434 Å². The van der Waals surface area contributed by atoms with E-state index in [4.69, 9.17) is 4.74 Å². The molecule has 2 aliphatic heterocycles. The van der Waals surface area contributed by atoms with E-state index in [0.29, 0.717) is 0 Å². The van der Waals surface area contributed by atoms with E-state index >= 15 is 0 Å². The zero-order valence-corrected chi connectivity index (χ0v) is 42.9. The summed E-state index contributed by atoms with van der Waals surface area (Å²) in [5.74, 6) is 1.76. The summed E-state index contributed by atoms with van der Waals surface area (Å²) in [4.78, 5) is 5.11. The van der Waals surface area contributed by atoms with Crippen molar-refractivity contribution in [3.8, 4) is 44.9 Å². The summed E-state index contributed by atoms with van der Waals surface area (Å²) >= 11 is 1.89. The summed E-state index contributed by atoms with van der Waals surface area (Å²) in [7, 11) is 0. The molecule has 2 heterocycles. The Kier molecular flexibility index (Phi) is 9.52. The van der Waals surface area contributed by atoms with Crippen molar-refractivity contribution in [1.29, 1.82) is 0 Å². The highest BCUT2D eigenvalue weighted by Gasteiger charge is 2.53. The average Bonchev–Trinajstić information content (AvgIpc) is 3.86. The molecule has 14 rings (SSSR count). The van der Waals surface area contributed by atoms with Crippen LogP contribution < -0.4 is 9.64 Å². The molecule has 0 unspecified atom stereocenters. The number of benzene rings is 10. The summed E-state index contributed by atoms with van der Waals surface area (Å²) in [5.41, 5.74) is 22.1. The van der Waals surface area contributed by atoms with Crippen LogP contribution in [0.3, 0.4) is 0 Å². The van der Waals surface area contributed by atoms with E-state index in [1.54, 1.807) is 0 Å². The highest BCUT2D eigenvalue weighted by molar-refractivity contribution is 7.99. The minimum absolute atomic E-state index is 0.0719. The van der Waals surface area contributed by atoms with Gasteiger partial charge in [0.15, 0.2) is 0 Å². The number of para-hydroxylation sites is 2. The van der Waals surface area contributed by atoms with Crippen LogP contribution >= 0.6 is 11.8 Å². The number of fused-ring (bicyclic) bond motifs is 18. The maximum atomic E-state index is 7.15. The molecule has 2 aliphatic carbocycles.